The number of hydrogen-bond acceptors (Lipinski definition) is 2. The number of rotatable bonds is 2. The Bertz CT molecular complexity index is 237. The van der Waals surface area contributed by atoms with Crippen LogP contribution in [0.4, 0.5) is 0 Å². The molecule has 0 spiro atoms. The van der Waals surface area contributed by atoms with E-state index in [4.69, 9.17) is 0 Å². The third kappa shape index (κ3) is 2.60. The minimum Gasteiger partial charge on any atom is -0.300 e. The van der Waals surface area contributed by atoms with Gasteiger partial charge in [-0.25, -0.2) is 0 Å². The van der Waals surface area contributed by atoms with Crippen LogP contribution in [0.25, 0.3) is 0 Å². The Balaban J connectivity index is 1.89. The average Bonchev–Trinajstić information content (AvgIpc) is 2.65. The molecule has 1 aliphatic carbocycles. The highest BCUT2D eigenvalue weighted by molar-refractivity contribution is 5.81. The summed E-state index contributed by atoms with van der Waals surface area (Å²) in [6, 6.07) is 0.582. The molecule has 2 atom stereocenters. The monoisotopic (exact) mass is 209 g/mol. The van der Waals surface area contributed by atoms with E-state index in [-0.39, 0.29) is 0 Å². The van der Waals surface area contributed by atoms with Gasteiger partial charge in [-0.2, -0.15) is 0 Å². The highest BCUT2D eigenvalue weighted by Gasteiger charge is 2.31. The summed E-state index contributed by atoms with van der Waals surface area (Å²) in [5, 5.41) is 0. The van der Waals surface area contributed by atoms with Crippen molar-refractivity contribution in [1.29, 1.82) is 0 Å². The standard InChI is InChI=1S/C13H23NO/c1-10(2)11-4-3-7-14(9-11)12-5-6-13(15)8-12/h10-12H,3-9H2,1-2H3. The lowest BCUT2D eigenvalue weighted by Crippen LogP contribution is -2.42. The van der Waals surface area contributed by atoms with Gasteiger partial charge in [0.25, 0.3) is 0 Å². The van der Waals surface area contributed by atoms with Crippen molar-refractivity contribution in [1.82, 2.24) is 4.90 Å². The van der Waals surface area contributed by atoms with Crippen molar-refractivity contribution >= 4 is 5.78 Å². The summed E-state index contributed by atoms with van der Waals surface area (Å²) in [5.41, 5.74) is 0. The normalized spacial score (nSPS) is 33.9. The Labute approximate surface area is 93.0 Å². The van der Waals surface area contributed by atoms with E-state index < -0.39 is 0 Å². The van der Waals surface area contributed by atoms with E-state index in [9.17, 15) is 4.79 Å². The maximum absolute atomic E-state index is 11.3. The molecule has 0 aromatic heterocycles. The highest BCUT2D eigenvalue weighted by Crippen LogP contribution is 2.29. The van der Waals surface area contributed by atoms with Crippen molar-refractivity contribution in [3.8, 4) is 0 Å². The van der Waals surface area contributed by atoms with Gasteiger partial charge in [0, 0.05) is 25.4 Å². The largest absolute Gasteiger partial charge is 0.300 e. The summed E-state index contributed by atoms with van der Waals surface area (Å²) in [5.74, 6) is 2.13. The number of ketones is 1. The van der Waals surface area contributed by atoms with E-state index >= 15 is 0 Å². The van der Waals surface area contributed by atoms with Crippen LogP contribution in [0.5, 0.6) is 0 Å². The molecule has 1 aliphatic heterocycles. The van der Waals surface area contributed by atoms with E-state index in [0.29, 0.717) is 11.8 Å². The van der Waals surface area contributed by atoms with Crippen LogP contribution in [-0.2, 0) is 4.79 Å². The number of carbonyl (C=O) groups excluding carboxylic acids is 1. The maximum Gasteiger partial charge on any atom is 0.134 e. The summed E-state index contributed by atoms with van der Waals surface area (Å²) in [6.07, 6.45) is 5.48. The molecule has 2 fully saturated rings. The minimum absolute atomic E-state index is 0.478. The van der Waals surface area contributed by atoms with Gasteiger partial charge < -0.3 is 0 Å². The number of carbonyl (C=O) groups is 1. The van der Waals surface area contributed by atoms with Crippen molar-refractivity contribution < 1.29 is 4.79 Å². The maximum atomic E-state index is 11.3. The second-order valence-electron chi connectivity index (χ2n) is 5.58. The Morgan fingerprint density at radius 3 is 2.73 bits per heavy atom. The second-order valence-corrected chi connectivity index (χ2v) is 5.58. The van der Waals surface area contributed by atoms with Crippen LogP contribution in [0.3, 0.4) is 0 Å². The van der Waals surface area contributed by atoms with Gasteiger partial charge in [-0.15, -0.1) is 0 Å². The van der Waals surface area contributed by atoms with E-state index in [0.717, 1.165) is 31.1 Å². The van der Waals surface area contributed by atoms with Gasteiger partial charge in [-0.1, -0.05) is 13.8 Å². The molecular weight excluding hydrogens is 186 g/mol. The summed E-state index contributed by atoms with van der Waals surface area (Å²) in [7, 11) is 0. The quantitative estimate of drug-likeness (QED) is 0.696. The van der Waals surface area contributed by atoms with Crippen molar-refractivity contribution in [3.63, 3.8) is 0 Å². The van der Waals surface area contributed by atoms with Crippen molar-refractivity contribution in [2.75, 3.05) is 13.1 Å². The molecule has 0 aromatic carbocycles. The zero-order chi connectivity index (χ0) is 10.8. The lowest BCUT2D eigenvalue weighted by Gasteiger charge is -2.38. The molecule has 1 saturated heterocycles. The first-order chi connectivity index (χ1) is 7.16. The fraction of sp³-hybridized carbons (Fsp3) is 0.923. The molecule has 0 N–H and O–H groups in total. The summed E-state index contributed by atoms with van der Waals surface area (Å²) < 4.78 is 0. The molecule has 2 aliphatic rings. The molecule has 2 nitrogen and oxygen atoms in total. The van der Waals surface area contributed by atoms with Gasteiger partial charge in [0.05, 0.1) is 0 Å². The average molecular weight is 209 g/mol. The fourth-order valence-corrected chi connectivity index (χ4v) is 3.02. The van der Waals surface area contributed by atoms with E-state index in [1.807, 2.05) is 0 Å². The van der Waals surface area contributed by atoms with Gasteiger partial charge in [0.15, 0.2) is 0 Å². The molecule has 1 saturated carbocycles. The van der Waals surface area contributed by atoms with Crippen LogP contribution >= 0.6 is 0 Å². The van der Waals surface area contributed by atoms with Crippen molar-refractivity contribution in [2.24, 2.45) is 11.8 Å². The molecule has 0 bridgehead atoms. The number of likely N-dealkylation sites (tertiary alicyclic amines) is 1. The van der Waals surface area contributed by atoms with Gasteiger partial charge in [-0.3, -0.25) is 9.69 Å². The molecule has 0 radical (unpaired) electrons. The van der Waals surface area contributed by atoms with Crippen LogP contribution in [0.15, 0.2) is 0 Å². The van der Waals surface area contributed by atoms with E-state index in [1.54, 1.807) is 0 Å². The summed E-state index contributed by atoms with van der Waals surface area (Å²) in [6.45, 7) is 7.11. The van der Waals surface area contributed by atoms with E-state index in [1.165, 1.54) is 25.9 Å². The minimum atomic E-state index is 0.478. The number of piperidine rings is 1. The van der Waals surface area contributed by atoms with Crippen LogP contribution in [0.1, 0.15) is 46.0 Å². The molecule has 2 heteroatoms. The zero-order valence-electron chi connectivity index (χ0n) is 10.0. The first-order valence-corrected chi connectivity index (χ1v) is 6.42. The van der Waals surface area contributed by atoms with Crippen LogP contribution in [-0.4, -0.2) is 29.8 Å². The number of Topliss-reactive ketones (excluding diaryl/α,β-unsaturated/α-hetero) is 1. The molecule has 2 rings (SSSR count). The molecule has 15 heavy (non-hydrogen) atoms. The van der Waals surface area contributed by atoms with Gasteiger partial charge >= 0.3 is 0 Å². The fourth-order valence-electron chi connectivity index (χ4n) is 3.02. The lowest BCUT2D eigenvalue weighted by atomic mass is 9.87. The van der Waals surface area contributed by atoms with Crippen LogP contribution < -0.4 is 0 Å². The third-order valence-corrected chi connectivity index (χ3v) is 4.17. The summed E-state index contributed by atoms with van der Waals surface area (Å²) >= 11 is 0. The van der Waals surface area contributed by atoms with Crippen LogP contribution in [0, 0.1) is 11.8 Å². The molecule has 2 unspecified atom stereocenters. The highest BCUT2D eigenvalue weighted by atomic mass is 16.1. The van der Waals surface area contributed by atoms with Crippen molar-refractivity contribution in [3.05, 3.63) is 0 Å². The zero-order valence-corrected chi connectivity index (χ0v) is 10.0. The number of nitrogens with zero attached hydrogens (tertiary/aromatic N) is 1. The second kappa shape index (κ2) is 4.65. The van der Waals surface area contributed by atoms with E-state index in [2.05, 4.69) is 18.7 Å². The predicted molar refractivity (Wildman–Crippen MR) is 61.8 cm³/mol. The van der Waals surface area contributed by atoms with Crippen LogP contribution in [0.2, 0.25) is 0 Å². The SMILES string of the molecule is CC(C)C1CCCN(C2CCC(=O)C2)C1. The van der Waals surface area contributed by atoms with Crippen molar-refractivity contribution in [2.45, 2.75) is 52.0 Å². The summed E-state index contributed by atoms with van der Waals surface area (Å²) in [4.78, 5) is 13.9. The molecule has 1 heterocycles. The lowest BCUT2D eigenvalue weighted by molar-refractivity contribution is -0.117. The third-order valence-electron chi connectivity index (χ3n) is 4.17. The first-order valence-electron chi connectivity index (χ1n) is 6.42. The van der Waals surface area contributed by atoms with Gasteiger partial charge in [-0.05, 0) is 37.6 Å². The Hall–Kier alpha value is -0.370. The predicted octanol–water partition coefficient (Wildman–Crippen LogP) is 2.48. The molecule has 0 aromatic rings. The topological polar surface area (TPSA) is 20.3 Å². The Morgan fingerprint density at radius 1 is 1.33 bits per heavy atom. The smallest absolute Gasteiger partial charge is 0.134 e. The van der Waals surface area contributed by atoms with Gasteiger partial charge in [0.1, 0.15) is 5.78 Å². The Morgan fingerprint density at radius 2 is 2.13 bits per heavy atom. The molecular formula is C13H23NO. The van der Waals surface area contributed by atoms with Gasteiger partial charge in [0.2, 0.25) is 0 Å². The Kier molecular flexibility index (Phi) is 3.45. The molecule has 0 amide bonds. The molecule has 86 valence electrons. The number of hydrogen-bond donors (Lipinski definition) is 0. The first kappa shape index (κ1) is 11.1.